The number of aromatic nitrogens is 4. The van der Waals surface area contributed by atoms with Crippen LogP contribution in [0.1, 0.15) is 58.7 Å². The number of nitrogens with one attached hydrogen (secondary N) is 1. The van der Waals surface area contributed by atoms with Crippen molar-refractivity contribution in [2.45, 2.75) is 60.3 Å². The van der Waals surface area contributed by atoms with Crippen molar-refractivity contribution in [3.8, 4) is 0 Å². The van der Waals surface area contributed by atoms with Gasteiger partial charge in [-0.15, -0.1) is 0 Å². The van der Waals surface area contributed by atoms with Crippen molar-refractivity contribution in [1.29, 1.82) is 0 Å². The molecule has 0 aromatic carbocycles. The molecule has 5 nitrogen and oxygen atoms in total. The second-order valence-electron chi connectivity index (χ2n) is 7.13. The average Bonchev–Trinajstić information content (AvgIpc) is 2.83. The summed E-state index contributed by atoms with van der Waals surface area (Å²) in [6.07, 6.45) is 5.24. The van der Waals surface area contributed by atoms with Gasteiger partial charge in [-0.25, -0.2) is 9.97 Å². The molecule has 0 amide bonds. The van der Waals surface area contributed by atoms with Crippen LogP contribution in [0.2, 0.25) is 0 Å². The zero-order valence-electron chi connectivity index (χ0n) is 13.7. The second-order valence-corrected chi connectivity index (χ2v) is 7.13. The standard InChI is InChI=1S/C16H26N4O/c1-6-13-12(8-7-11(2)9-16(3,4)5)14(21)20-15(19-13)17-10-18-20/h10-11H,6-9H2,1-5H3,(H,17,18,19). The topological polar surface area (TPSA) is 63.1 Å². The molecule has 0 bridgehead atoms. The van der Waals surface area contributed by atoms with Gasteiger partial charge in [0.15, 0.2) is 0 Å². The Kier molecular flexibility index (Phi) is 4.49. The molecular weight excluding hydrogens is 264 g/mol. The van der Waals surface area contributed by atoms with E-state index in [1.165, 1.54) is 10.8 Å². The third-order valence-corrected chi connectivity index (χ3v) is 3.79. The largest absolute Gasteiger partial charge is 0.278 e. The highest BCUT2D eigenvalue weighted by Gasteiger charge is 2.18. The number of hydrogen-bond acceptors (Lipinski definition) is 3. The molecule has 0 aliphatic carbocycles. The molecule has 0 aliphatic heterocycles. The maximum Gasteiger partial charge on any atom is 0.277 e. The molecule has 2 heterocycles. The molecule has 0 aliphatic rings. The van der Waals surface area contributed by atoms with Crippen LogP contribution in [0.4, 0.5) is 0 Å². The fourth-order valence-corrected chi connectivity index (χ4v) is 3.02. The third kappa shape index (κ3) is 3.71. The molecule has 1 atom stereocenters. The molecule has 2 aromatic rings. The number of nitrogens with zero attached hydrogens (tertiary/aromatic N) is 3. The van der Waals surface area contributed by atoms with E-state index in [4.69, 9.17) is 0 Å². The van der Waals surface area contributed by atoms with Gasteiger partial charge in [0, 0.05) is 5.56 Å². The van der Waals surface area contributed by atoms with E-state index in [0.29, 0.717) is 17.1 Å². The molecule has 21 heavy (non-hydrogen) atoms. The first-order valence-electron chi connectivity index (χ1n) is 7.75. The van der Waals surface area contributed by atoms with Gasteiger partial charge in [0.1, 0.15) is 6.33 Å². The predicted octanol–water partition coefficient (Wildman–Crippen LogP) is 2.98. The molecule has 2 aromatic heterocycles. The number of fused-ring (bicyclic) bond motifs is 1. The highest BCUT2D eigenvalue weighted by atomic mass is 16.1. The van der Waals surface area contributed by atoms with Gasteiger partial charge >= 0.3 is 0 Å². The van der Waals surface area contributed by atoms with Crippen LogP contribution in [0.15, 0.2) is 11.1 Å². The SMILES string of the molecule is CCc1nc2nc[nH]n2c(=O)c1CCC(C)CC(C)(C)C. The number of H-pyrrole nitrogens is 1. The van der Waals surface area contributed by atoms with Crippen molar-refractivity contribution in [3.63, 3.8) is 0 Å². The van der Waals surface area contributed by atoms with E-state index in [1.807, 2.05) is 6.92 Å². The molecule has 1 unspecified atom stereocenters. The van der Waals surface area contributed by atoms with Crippen molar-refractivity contribution in [3.05, 3.63) is 27.9 Å². The van der Waals surface area contributed by atoms with Crippen molar-refractivity contribution in [1.82, 2.24) is 19.6 Å². The summed E-state index contributed by atoms with van der Waals surface area (Å²) in [6.45, 7) is 11.1. The number of aromatic amines is 1. The van der Waals surface area contributed by atoms with Gasteiger partial charge in [0.25, 0.3) is 11.3 Å². The molecule has 2 rings (SSSR count). The molecule has 116 valence electrons. The average molecular weight is 290 g/mol. The quantitative estimate of drug-likeness (QED) is 0.920. The van der Waals surface area contributed by atoms with E-state index in [9.17, 15) is 4.79 Å². The van der Waals surface area contributed by atoms with Crippen LogP contribution < -0.4 is 5.56 Å². The first-order valence-corrected chi connectivity index (χ1v) is 7.75. The monoisotopic (exact) mass is 290 g/mol. The van der Waals surface area contributed by atoms with Gasteiger partial charge in [-0.2, -0.15) is 4.52 Å². The number of rotatable bonds is 5. The van der Waals surface area contributed by atoms with E-state index in [-0.39, 0.29) is 5.56 Å². The first-order chi connectivity index (χ1) is 9.81. The van der Waals surface area contributed by atoms with Crippen LogP contribution in [-0.2, 0) is 12.8 Å². The molecule has 0 radical (unpaired) electrons. The fraction of sp³-hybridized carbons (Fsp3) is 0.688. The lowest BCUT2D eigenvalue weighted by molar-refractivity contribution is 0.296. The second kappa shape index (κ2) is 6.00. The molecule has 1 N–H and O–H groups in total. The maximum absolute atomic E-state index is 12.5. The molecular formula is C16H26N4O. The summed E-state index contributed by atoms with van der Waals surface area (Å²) in [5.41, 5.74) is 2.04. The lowest BCUT2D eigenvalue weighted by Crippen LogP contribution is -2.23. The van der Waals surface area contributed by atoms with Gasteiger partial charge in [-0.1, -0.05) is 34.6 Å². The minimum Gasteiger partial charge on any atom is -0.278 e. The normalized spacial score (nSPS) is 13.8. The highest BCUT2D eigenvalue weighted by molar-refractivity contribution is 5.31. The summed E-state index contributed by atoms with van der Waals surface area (Å²) >= 11 is 0. The van der Waals surface area contributed by atoms with Gasteiger partial charge in [0.05, 0.1) is 5.69 Å². The summed E-state index contributed by atoms with van der Waals surface area (Å²) in [6, 6.07) is 0. The number of aryl methyl sites for hydroxylation is 1. The van der Waals surface area contributed by atoms with Gasteiger partial charge in [-0.05, 0) is 37.0 Å². The smallest absolute Gasteiger partial charge is 0.277 e. The summed E-state index contributed by atoms with van der Waals surface area (Å²) in [5, 5.41) is 2.84. The van der Waals surface area contributed by atoms with E-state index >= 15 is 0 Å². The van der Waals surface area contributed by atoms with E-state index in [1.54, 1.807) is 0 Å². The third-order valence-electron chi connectivity index (χ3n) is 3.79. The Hall–Kier alpha value is -1.65. The van der Waals surface area contributed by atoms with Crippen LogP contribution in [0, 0.1) is 11.3 Å². The van der Waals surface area contributed by atoms with Gasteiger partial charge in [-0.3, -0.25) is 9.89 Å². The lowest BCUT2D eigenvalue weighted by atomic mass is 9.83. The lowest BCUT2D eigenvalue weighted by Gasteiger charge is -2.23. The molecule has 0 saturated heterocycles. The van der Waals surface area contributed by atoms with E-state index in [2.05, 4.69) is 42.8 Å². The zero-order valence-corrected chi connectivity index (χ0v) is 13.7. The number of hydrogen-bond donors (Lipinski definition) is 1. The van der Waals surface area contributed by atoms with Crippen LogP contribution in [-0.4, -0.2) is 19.6 Å². The Balaban J connectivity index is 2.21. The van der Waals surface area contributed by atoms with E-state index in [0.717, 1.165) is 36.9 Å². The Morgan fingerprint density at radius 2 is 2.10 bits per heavy atom. The molecule has 0 spiro atoms. The minimum atomic E-state index is -0.00249. The Morgan fingerprint density at radius 1 is 1.38 bits per heavy atom. The summed E-state index contributed by atoms with van der Waals surface area (Å²) in [4.78, 5) is 21.1. The summed E-state index contributed by atoms with van der Waals surface area (Å²) in [5.74, 6) is 1.06. The zero-order chi connectivity index (χ0) is 15.6. The first kappa shape index (κ1) is 15.7. The molecule has 0 saturated carbocycles. The molecule has 0 fully saturated rings. The van der Waals surface area contributed by atoms with Crippen LogP contribution in [0.25, 0.3) is 5.78 Å². The van der Waals surface area contributed by atoms with E-state index < -0.39 is 0 Å². The maximum atomic E-state index is 12.5. The van der Waals surface area contributed by atoms with Crippen molar-refractivity contribution >= 4 is 5.78 Å². The van der Waals surface area contributed by atoms with Gasteiger partial charge in [0.2, 0.25) is 0 Å². The van der Waals surface area contributed by atoms with Crippen molar-refractivity contribution in [2.24, 2.45) is 11.3 Å². The van der Waals surface area contributed by atoms with Crippen LogP contribution in [0.3, 0.4) is 0 Å². The Bertz CT molecular complexity index is 663. The van der Waals surface area contributed by atoms with Crippen LogP contribution >= 0.6 is 0 Å². The fourth-order valence-electron chi connectivity index (χ4n) is 3.02. The molecule has 5 heteroatoms. The minimum absolute atomic E-state index is 0.00249. The highest BCUT2D eigenvalue weighted by Crippen LogP contribution is 2.26. The predicted molar refractivity (Wildman–Crippen MR) is 84.5 cm³/mol. The summed E-state index contributed by atoms with van der Waals surface area (Å²) < 4.78 is 1.43. The Labute approximate surface area is 125 Å². The van der Waals surface area contributed by atoms with Crippen molar-refractivity contribution < 1.29 is 0 Å². The van der Waals surface area contributed by atoms with Gasteiger partial charge < -0.3 is 0 Å². The summed E-state index contributed by atoms with van der Waals surface area (Å²) in [7, 11) is 0. The van der Waals surface area contributed by atoms with Crippen LogP contribution in [0.5, 0.6) is 0 Å². The Morgan fingerprint density at radius 3 is 2.71 bits per heavy atom. The van der Waals surface area contributed by atoms with Crippen molar-refractivity contribution in [2.75, 3.05) is 0 Å².